The molecular weight excluding hydrogens is 539 g/mol. The normalized spacial score (nSPS) is 18.1. The number of aliphatic hydroxyl groups is 1. The second-order valence-electron chi connectivity index (χ2n) is 10.6. The summed E-state index contributed by atoms with van der Waals surface area (Å²) in [5, 5.41) is 13.8. The molecule has 1 amide bonds. The summed E-state index contributed by atoms with van der Waals surface area (Å²) in [6.07, 6.45) is -0.914. The van der Waals surface area contributed by atoms with E-state index in [1.807, 2.05) is 13.8 Å². The van der Waals surface area contributed by atoms with Crippen LogP contribution in [0.5, 0.6) is 17.2 Å². The molecule has 1 fully saturated rings. The number of fused-ring (bicyclic) bond motifs is 1. The van der Waals surface area contributed by atoms with Gasteiger partial charge in [0.05, 0.1) is 30.5 Å². The lowest BCUT2D eigenvalue weighted by Crippen LogP contribution is -2.27. The molecule has 2 N–H and O–H groups in total. The van der Waals surface area contributed by atoms with Crippen LogP contribution in [0.1, 0.15) is 60.8 Å². The fourth-order valence-electron chi connectivity index (χ4n) is 4.88. The van der Waals surface area contributed by atoms with Gasteiger partial charge >= 0.3 is 0 Å². The first-order valence-electron chi connectivity index (χ1n) is 13.0. The summed E-state index contributed by atoms with van der Waals surface area (Å²) in [5.74, 6) is 0.371. The number of nitrogens with one attached hydrogen (secondary N) is 1. The largest absolute Gasteiger partial charge is 0.493 e. The summed E-state index contributed by atoms with van der Waals surface area (Å²) in [6, 6.07) is 10.9. The predicted molar refractivity (Wildman–Crippen MR) is 147 cm³/mol. The molecule has 2 aliphatic heterocycles. The molecule has 2 atom stereocenters. The summed E-state index contributed by atoms with van der Waals surface area (Å²) in [4.78, 5) is 29.6. The van der Waals surface area contributed by atoms with Gasteiger partial charge in [0.25, 0.3) is 5.91 Å². The number of aromatic nitrogens is 1. The highest BCUT2D eigenvalue weighted by molar-refractivity contribution is 6.31. The lowest BCUT2D eigenvalue weighted by molar-refractivity contribution is -0.124. The van der Waals surface area contributed by atoms with Crippen molar-refractivity contribution < 1.29 is 33.3 Å². The minimum Gasteiger partial charge on any atom is -0.493 e. The minimum atomic E-state index is -1.04. The molecule has 3 aromatic rings. The number of hydrogen-bond acceptors (Lipinski definition) is 7. The average Bonchev–Trinajstić information content (AvgIpc) is 3.49. The molecular formula is C30H30ClFN2O6. The first-order valence-corrected chi connectivity index (χ1v) is 13.4. The first-order chi connectivity index (χ1) is 19.1. The zero-order valence-electron chi connectivity index (χ0n) is 22.4. The molecule has 5 rings (SSSR count). The number of carbonyl (C=O) groups excluding carboxylic acids is 2. The molecule has 0 bridgehead atoms. The van der Waals surface area contributed by atoms with Crippen molar-refractivity contribution >= 4 is 23.3 Å². The van der Waals surface area contributed by atoms with Crippen molar-refractivity contribution in [3.05, 3.63) is 70.1 Å². The van der Waals surface area contributed by atoms with Gasteiger partial charge in [-0.15, -0.1) is 0 Å². The van der Waals surface area contributed by atoms with Crippen molar-refractivity contribution in [3.8, 4) is 28.5 Å². The molecule has 10 heteroatoms. The van der Waals surface area contributed by atoms with Crippen LogP contribution in [0.2, 0.25) is 5.02 Å². The SMILES string of the molecule is COc1cc(C(=O)CCC(O)c2cc3c(c(-c4ccc(F)c(Cl)c4)n2)OCC3(C)C)ccc1OC1CCNC1=O. The smallest absolute Gasteiger partial charge is 0.261 e. The maximum atomic E-state index is 13.8. The van der Waals surface area contributed by atoms with E-state index in [9.17, 15) is 19.1 Å². The highest BCUT2D eigenvalue weighted by Gasteiger charge is 2.36. The Hall–Kier alpha value is -3.69. The third kappa shape index (κ3) is 5.48. The second-order valence-corrected chi connectivity index (χ2v) is 11.0. The number of halogens is 2. The van der Waals surface area contributed by atoms with E-state index in [4.69, 9.17) is 25.8 Å². The third-order valence-corrected chi connectivity index (χ3v) is 7.52. The molecule has 0 aliphatic carbocycles. The summed E-state index contributed by atoms with van der Waals surface area (Å²) in [5.41, 5.74) is 2.34. The standard InChI is InChI=1S/C30H30ClFN2O6/c1-30(2)15-39-28-18(30)14-21(34-27(28)17-4-6-20(32)19(31)12-17)23(36)8-7-22(35)16-5-9-24(26(13-16)38-3)40-25-10-11-33-29(25)37/h4-6,9,12-14,23,25,36H,7-8,10-11,15H2,1-3H3,(H,33,37). The Kier molecular flexibility index (Phi) is 7.70. The van der Waals surface area contributed by atoms with Gasteiger partial charge in [0.1, 0.15) is 17.3 Å². The number of pyridine rings is 1. The van der Waals surface area contributed by atoms with Crippen LogP contribution in [-0.4, -0.2) is 48.1 Å². The van der Waals surface area contributed by atoms with Crippen molar-refractivity contribution in [3.63, 3.8) is 0 Å². The van der Waals surface area contributed by atoms with Crippen LogP contribution in [0.25, 0.3) is 11.3 Å². The van der Waals surface area contributed by atoms with Gasteiger partial charge in [-0.3, -0.25) is 9.59 Å². The number of nitrogens with zero attached hydrogens (tertiary/aromatic N) is 1. The van der Waals surface area contributed by atoms with E-state index in [0.29, 0.717) is 59.3 Å². The van der Waals surface area contributed by atoms with Crippen LogP contribution < -0.4 is 19.5 Å². The molecule has 2 aliphatic rings. The van der Waals surface area contributed by atoms with E-state index in [-0.39, 0.29) is 35.0 Å². The quantitative estimate of drug-likeness (QED) is 0.342. The topological polar surface area (TPSA) is 107 Å². The summed E-state index contributed by atoms with van der Waals surface area (Å²) in [6.45, 7) is 5.03. The Morgan fingerprint density at radius 2 is 2.05 bits per heavy atom. The van der Waals surface area contributed by atoms with Gasteiger partial charge in [-0.2, -0.15) is 0 Å². The van der Waals surface area contributed by atoms with Crippen LogP contribution in [0, 0.1) is 5.82 Å². The highest BCUT2D eigenvalue weighted by atomic mass is 35.5. The highest BCUT2D eigenvalue weighted by Crippen LogP contribution is 2.45. The molecule has 40 heavy (non-hydrogen) atoms. The Labute approximate surface area is 236 Å². The number of amides is 1. The van der Waals surface area contributed by atoms with Crippen molar-refractivity contribution in [2.24, 2.45) is 0 Å². The molecule has 3 heterocycles. The number of ether oxygens (including phenoxy) is 3. The van der Waals surface area contributed by atoms with E-state index in [0.717, 1.165) is 5.56 Å². The summed E-state index contributed by atoms with van der Waals surface area (Å²) in [7, 11) is 1.46. The van der Waals surface area contributed by atoms with Gasteiger partial charge in [0, 0.05) is 41.5 Å². The fraction of sp³-hybridized carbons (Fsp3) is 0.367. The van der Waals surface area contributed by atoms with Gasteiger partial charge < -0.3 is 24.6 Å². The Balaban J connectivity index is 1.34. The Bertz CT molecular complexity index is 1480. The number of methoxy groups -OCH3 is 1. The third-order valence-electron chi connectivity index (χ3n) is 7.23. The van der Waals surface area contributed by atoms with Crippen molar-refractivity contribution in [2.75, 3.05) is 20.3 Å². The number of rotatable bonds is 9. The van der Waals surface area contributed by atoms with Gasteiger partial charge in [0.15, 0.2) is 23.4 Å². The van der Waals surface area contributed by atoms with Crippen LogP contribution in [0.3, 0.4) is 0 Å². The molecule has 1 aromatic heterocycles. The monoisotopic (exact) mass is 568 g/mol. The average molecular weight is 569 g/mol. The van der Waals surface area contributed by atoms with Crippen molar-refractivity contribution in [1.82, 2.24) is 10.3 Å². The number of benzene rings is 2. The zero-order valence-corrected chi connectivity index (χ0v) is 23.2. The number of Topliss-reactive ketones (excluding diaryl/α,β-unsaturated/α-hetero) is 1. The van der Waals surface area contributed by atoms with Gasteiger partial charge in [-0.05, 0) is 48.9 Å². The first kappa shape index (κ1) is 27.9. The van der Waals surface area contributed by atoms with Crippen LogP contribution in [-0.2, 0) is 10.2 Å². The van der Waals surface area contributed by atoms with Crippen molar-refractivity contribution in [1.29, 1.82) is 0 Å². The lowest BCUT2D eigenvalue weighted by Gasteiger charge is -2.19. The van der Waals surface area contributed by atoms with E-state index in [2.05, 4.69) is 10.3 Å². The Morgan fingerprint density at radius 1 is 1.25 bits per heavy atom. The van der Waals surface area contributed by atoms with E-state index in [1.54, 1.807) is 30.3 Å². The summed E-state index contributed by atoms with van der Waals surface area (Å²) >= 11 is 6.03. The number of carbonyl (C=O) groups is 2. The summed E-state index contributed by atoms with van der Waals surface area (Å²) < 4.78 is 31.0. The molecule has 2 unspecified atom stereocenters. The van der Waals surface area contributed by atoms with E-state index in [1.165, 1.54) is 19.2 Å². The van der Waals surface area contributed by atoms with Gasteiger partial charge in [-0.25, -0.2) is 9.37 Å². The predicted octanol–water partition coefficient (Wildman–Crippen LogP) is 5.18. The fourth-order valence-corrected chi connectivity index (χ4v) is 5.06. The number of aliphatic hydroxyl groups excluding tert-OH is 1. The molecule has 0 radical (unpaired) electrons. The van der Waals surface area contributed by atoms with Gasteiger partial charge in [0.2, 0.25) is 0 Å². The maximum Gasteiger partial charge on any atom is 0.261 e. The van der Waals surface area contributed by atoms with Gasteiger partial charge in [-0.1, -0.05) is 25.4 Å². The molecule has 0 spiro atoms. The number of hydrogen-bond donors (Lipinski definition) is 2. The zero-order chi connectivity index (χ0) is 28.6. The maximum absolute atomic E-state index is 13.8. The molecule has 1 saturated heterocycles. The second kappa shape index (κ2) is 11.1. The number of ketones is 1. The Morgan fingerprint density at radius 3 is 2.75 bits per heavy atom. The molecule has 2 aromatic carbocycles. The van der Waals surface area contributed by atoms with E-state index < -0.39 is 18.0 Å². The molecule has 210 valence electrons. The molecule has 8 nitrogen and oxygen atoms in total. The van der Waals surface area contributed by atoms with E-state index >= 15 is 0 Å². The van der Waals surface area contributed by atoms with Crippen LogP contribution in [0.15, 0.2) is 42.5 Å². The minimum absolute atomic E-state index is 0.0415. The van der Waals surface area contributed by atoms with Crippen LogP contribution in [0.4, 0.5) is 4.39 Å². The van der Waals surface area contributed by atoms with Crippen LogP contribution >= 0.6 is 11.6 Å². The van der Waals surface area contributed by atoms with Crippen molar-refractivity contribution in [2.45, 2.75) is 50.7 Å². The molecule has 0 saturated carbocycles. The lowest BCUT2D eigenvalue weighted by atomic mass is 9.85.